The zero-order valence-electron chi connectivity index (χ0n) is 24.9. The van der Waals surface area contributed by atoms with Gasteiger partial charge in [0.15, 0.2) is 0 Å². The normalized spacial score (nSPS) is 10.2. The number of hydrogen-bond donors (Lipinski definition) is 0. The topological polar surface area (TPSA) is 88.1 Å². The van der Waals surface area contributed by atoms with Gasteiger partial charge in [-0.3, -0.25) is 0 Å². The van der Waals surface area contributed by atoms with Crippen molar-refractivity contribution in [2.75, 3.05) is 0 Å². The Morgan fingerprint density at radius 3 is 1.02 bits per heavy atom. The van der Waals surface area contributed by atoms with Gasteiger partial charge in [-0.05, 0) is 77.6 Å². The number of hydrogen-bond acceptors (Lipinski definition) is 7. The van der Waals surface area contributed by atoms with Crippen LogP contribution in [0.25, 0.3) is 0 Å². The van der Waals surface area contributed by atoms with E-state index in [4.69, 9.17) is 18.9 Å². The summed E-state index contributed by atoms with van der Waals surface area (Å²) in [4.78, 5) is 37.2. The monoisotopic (exact) mass is 570 g/mol. The predicted octanol–water partition coefficient (Wildman–Crippen LogP) is 7.92. The molecule has 0 saturated heterocycles. The van der Waals surface area contributed by atoms with Gasteiger partial charge >= 0.3 is 18.1 Å². The Labute approximate surface area is 248 Å². The standard InChI is InChI=1S/C35H38O7/c1-11-31(36)41-33-25(13-21(3)4)17-29(18-26(33)14-22(5)6)39-35(38)40-30-19-27(15-23(7)8)34(42-32(37)12-2)28(20-30)16-24(9)10/h11-12,17-20H,1-3,5,7,9,13-16H2,4,6,8,10H3. The molecule has 7 nitrogen and oxygen atoms in total. The van der Waals surface area contributed by atoms with Gasteiger partial charge in [0.2, 0.25) is 0 Å². The molecular formula is C35H38O7. The van der Waals surface area contributed by atoms with Crippen molar-refractivity contribution in [2.24, 2.45) is 0 Å². The lowest BCUT2D eigenvalue weighted by Gasteiger charge is -2.18. The molecule has 0 saturated carbocycles. The Morgan fingerprint density at radius 1 is 0.548 bits per heavy atom. The minimum atomic E-state index is -0.994. The molecule has 0 aromatic heterocycles. The molecule has 42 heavy (non-hydrogen) atoms. The van der Waals surface area contributed by atoms with Gasteiger partial charge in [0, 0.05) is 34.4 Å². The van der Waals surface area contributed by atoms with Crippen LogP contribution in [-0.4, -0.2) is 18.1 Å². The maximum absolute atomic E-state index is 13.0. The van der Waals surface area contributed by atoms with Crippen molar-refractivity contribution in [3.8, 4) is 23.0 Å². The third-order valence-corrected chi connectivity index (χ3v) is 5.54. The summed E-state index contributed by atoms with van der Waals surface area (Å²) in [6.07, 6.45) is 2.63. The Hall–Kier alpha value is -4.91. The highest BCUT2D eigenvalue weighted by molar-refractivity contribution is 5.84. The Kier molecular flexibility index (Phi) is 12.0. The molecular weight excluding hydrogens is 532 g/mol. The van der Waals surface area contributed by atoms with E-state index in [0.29, 0.717) is 59.4 Å². The molecule has 0 heterocycles. The van der Waals surface area contributed by atoms with Crippen molar-refractivity contribution in [3.63, 3.8) is 0 Å². The van der Waals surface area contributed by atoms with Gasteiger partial charge in [-0.1, -0.05) is 61.8 Å². The Balaban J connectivity index is 2.53. The average Bonchev–Trinajstić information content (AvgIpc) is 2.86. The fourth-order valence-corrected chi connectivity index (χ4v) is 4.15. The number of carbonyl (C=O) groups is 3. The fourth-order valence-electron chi connectivity index (χ4n) is 4.15. The highest BCUT2D eigenvalue weighted by atomic mass is 16.7. The van der Waals surface area contributed by atoms with Crippen LogP contribution in [0.3, 0.4) is 0 Å². The van der Waals surface area contributed by atoms with E-state index in [1.54, 1.807) is 24.3 Å². The van der Waals surface area contributed by atoms with Crippen LogP contribution in [0.4, 0.5) is 4.79 Å². The quantitative estimate of drug-likeness (QED) is 0.0749. The Morgan fingerprint density at radius 2 is 0.810 bits per heavy atom. The molecule has 0 N–H and O–H groups in total. The molecule has 2 aromatic carbocycles. The first-order chi connectivity index (χ1) is 19.7. The Bertz CT molecular complexity index is 1290. The summed E-state index contributed by atoms with van der Waals surface area (Å²) in [5.74, 6) is -0.187. The van der Waals surface area contributed by atoms with E-state index < -0.39 is 18.1 Å². The molecule has 0 fully saturated rings. The van der Waals surface area contributed by atoms with Crippen molar-refractivity contribution in [3.05, 3.63) is 120 Å². The molecule has 2 aromatic rings. The number of carbonyl (C=O) groups excluding carboxylic acids is 3. The van der Waals surface area contributed by atoms with Gasteiger partial charge in [0.25, 0.3) is 0 Å². The van der Waals surface area contributed by atoms with E-state index in [9.17, 15) is 14.4 Å². The zero-order valence-corrected chi connectivity index (χ0v) is 24.9. The smallest absolute Gasteiger partial charge is 0.423 e. The van der Waals surface area contributed by atoms with Crippen LogP contribution in [0.1, 0.15) is 49.9 Å². The number of ether oxygens (including phenoxy) is 4. The molecule has 0 spiro atoms. The molecule has 0 aliphatic heterocycles. The molecule has 0 amide bonds. The summed E-state index contributed by atoms with van der Waals surface area (Å²) in [6.45, 7) is 30.1. The van der Waals surface area contributed by atoms with E-state index >= 15 is 0 Å². The first kappa shape index (κ1) is 33.3. The van der Waals surface area contributed by atoms with Crippen molar-refractivity contribution < 1.29 is 33.3 Å². The van der Waals surface area contributed by atoms with E-state index in [0.717, 1.165) is 34.4 Å². The van der Waals surface area contributed by atoms with Crippen LogP contribution in [-0.2, 0) is 35.3 Å². The minimum Gasteiger partial charge on any atom is -0.423 e. The molecule has 0 bridgehead atoms. The maximum atomic E-state index is 13.0. The van der Waals surface area contributed by atoms with E-state index in [-0.39, 0.29) is 11.5 Å². The van der Waals surface area contributed by atoms with E-state index in [1.807, 2.05) is 27.7 Å². The van der Waals surface area contributed by atoms with Crippen LogP contribution in [0.2, 0.25) is 0 Å². The van der Waals surface area contributed by atoms with Crippen LogP contribution in [0, 0.1) is 0 Å². The SMILES string of the molecule is C=CC(=O)Oc1c(CC(=C)C)cc(OC(=O)Oc2cc(CC(=C)C)c(OC(=O)C=C)c(CC(=C)C)c2)cc1CC(=C)C. The lowest BCUT2D eigenvalue weighted by atomic mass is 9.98. The van der Waals surface area contributed by atoms with Crippen LogP contribution in [0.5, 0.6) is 23.0 Å². The fraction of sp³-hybridized carbons (Fsp3) is 0.229. The second kappa shape index (κ2) is 15.2. The summed E-state index contributed by atoms with van der Waals surface area (Å²) in [5, 5.41) is 0. The molecule has 0 aliphatic carbocycles. The highest BCUT2D eigenvalue weighted by Crippen LogP contribution is 2.35. The van der Waals surface area contributed by atoms with Crippen molar-refractivity contribution in [1.82, 2.24) is 0 Å². The summed E-state index contributed by atoms with van der Waals surface area (Å²) in [7, 11) is 0. The van der Waals surface area contributed by atoms with Crippen molar-refractivity contribution in [2.45, 2.75) is 53.4 Å². The minimum absolute atomic E-state index is 0.187. The summed E-state index contributed by atoms with van der Waals surface area (Å²) < 4.78 is 22.3. The second-order valence-corrected chi connectivity index (χ2v) is 10.4. The summed E-state index contributed by atoms with van der Waals surface area (Å²) in [5.41, 5.74) is 5.61. The maximum Gasteiger partial charge on any atom is 0.519 e. The van der Waals surface area contributed by atoms with E-state index in [1.165, 1.54) is 0 Å². The second-order valence-electron chi connectivity index (χ2n) is 10.4. The largest absolute Gasteiger partial charge is 0.519 e. The highest BCUT2D eigenvalue weighted by Gasteiger charge is 2.21. The third kappa shape index (κ3) is 10.2. The molecule has 0 atom stereocenters. The van der Waals surface area contributed by atoms with Gasteiger partial charge in [-0.15, -0.1) is 0 Å². The van der Waals surface area contributed by atoms with Gasteiger partial charge in [0.05, 0.1) is 0 Å². The molecule has 0 radical (unpaired) electrons. The zero-order chi connectivity index (χ0) is 31.6. The van der Waals surface area contributed by atoms with Gasteiger partial charge in [-0.2, -0.15) is 0 Å². The first-order valence-corrected chi connectivity index (χ1v) is 13.2. The lowest BCUT2D eigenvalue weighted by Crippen LogP contribution is -2.16. The van der Waals surface area contributed by atoms with Crippen LogP contribution in [0.15, 0.2) is 98.2 Å². The third-order valence-electron chi connectivity index (χ3n) is 5.54. The summed E-state index contributed by atoms with van der Waals surface area (Å²) >= 11 is 0. The molecule has 220 valence electrons. The molecule has 7 heteroatoms. The number of allylic oxidation sites excluding steroid dienone is 4. The summed E-state index contributed by atoms with van der Waals surface area (Å²) in [6, 6.07) is 6.39. The van der Waals surface area contributed by atoms with Gasteiger partial charge < -0.3 is 18.9 Å². The number of benzene rings is 2. The van der Waals surface area contributed by atoms with Crippen molar-refractivity contribution in [1.29, 1.82) is 0 Å². The van der Waals surface area contributed by atoms with Gasteiger partial charge in [-0.25, -0.2) is 14.4 Å². The first-order valence-electron chi connectivity index (χ1n) is 13.2. The number of rotatable bonds is 14. The molecule has 2 rings (SSSR count). The average molecular weight is 571 g/mol. The van der Waals surface area contributed by atoms with Crippen molar-refractivity contribution >= 4 is 18.1 Å². The number of esters is 2. The predicted molar refractivity (Wildman–Crippen MR) is 165 cm³/mol. The lowest BCUT2D eigenvalue weighted by molar-refractivity contribution is -0.129. The van der Waals surface area contributed by atoms with Crippen LogP contribution < -0.4 is 18.9 Å². The van der Waals surface area contributed by atoms with E-state index in [2.05, 4.69) is 39.5 Å². The molecule has 0 aliphatic rings. The van der Waals surface area contributed by atoms with Crippen LogP contribution >= 0.6 is 0 Å². The molecule has 0 unspecified atom stereocenters. The van der Waals surface area contributed by atoms with Gasteiger partial charge in [0.1, 0.15) is 23.0 Å².